The van der Waals surface area contributed by atoms with E-state index in [2.05, 4.69) is 13.8 Å². The summed E-state index contributed by atoms with van der Waals surface area (Å²) in [6.45, 7) is 4.41. The highest BCUT2D eigenvalue weighted by atomic mass is 32.2. The van der Waals surface area contributed by atoms with E-state index in [4.69, 9.17) is 0 Å². The molecule has 0 aromatic heterocycles. The van der Waals surface area contributed by atoms with Gasteiger partial charge in [-0.1, -0.05) is 44.9 Å². The molecule has 1 unspecified atom stereocenters. The van der Waals surface area contributed by atoms with Crippen LogP contribution in [0.2, 0.25) is 0 Å². The maximum Gasteiger partial charge on any atom is 0.119 e. The molecule has 0 bridgehead atoms. The van der Waals surface area contributed by atoms with Crippen LogP contribution in [0.1, 0.15) is 44.6 Å². The average Bonchev–Trinajstić information content (AvgIpc) is 2.29. The molecule has 0 fully saturated rings. The van der Waals surface area contributed by atoms with Crippen LogP contribution in [0.5, 0.6) is 5.75 Å². The number of benzene rings is 1. The Balaban J connectivity index is 2.30. The Hall–Kier alpha value is -0.630. The summed E-state index contributed by atoms with van der Waals surface area (Å²) in [5, 5.41) is 9.71. The molecule has 1 atom stereocenters. The molecule has 1 nitrogen and oxygen atoms in total. The summed E-state index contributed by atoms with van der Waals surface area (Å²) in [7, 11) is 0. The SMILES string of the molecule is CCCCCSCC(C)c1ccccc1O. The molecule has 1 aromatic carbocycles. The van der Waals surface area contributed by atoms with Crippen molar-refractivity contribution in [3.05, 3.63) is 29.8 Å². The molecule has 0 aliphatic carbocycles. The van der Waals surface area contributed by atoms with Gasteiger partial charge in [0, 0.05) is 5.75 Å². The van der Waals surface area contributed by atoms with E-state index >= 15 is 0 Å². The van der Waals surface area contributed by atoms with E-state index in [1.807, 2.05) is 30.0 Å². The quantitative estimate of drug-likeness (QED) is 0.710. The van der Waals surface area contributed by atoms with E-state index < -0.39 is 0 Å². The van der Waals surface area contributed by atoms with Crippen molar-refractivity contribution < 1.29 is 5.11 Å². The second kappa shape index (κ2) is 7.61. The average molecular weight is 238 g/mol. The molecule has 0 saturated heterocycles. The first-order valence-corrected chi connectivity index (χ1v) is 7.26. The first-order valence-electron chi connectivity index (χ1n) is 6.11. The molecule has 0 amide bonds. The minimum absolute atomic E-state index is 0.434. The summed E-state index contributed by atoms with van der Waals surface area (Å²) >= 11 is 1.99. The Morgan fingerprint density at radius 2 is 2.00 bits per heavy atom. The second-order valence-electron chi connectivity index (χ2n) is 4.24. The van der Waals surface area contributed by atoms with Crippen LogP contribution >= 0.6 is 11.8 Å². The predicted octanol–water partition coefficient (Wildman–Crippen LogP) is 4.42. The van der Waals surface area contributed by atoms with Gasteiger partial charge in [0.1, 0.15) is 5.75 Å². The first kappa shape index (κ1) is 13.4. The van der Waals surface area contributed by atoms with Gasteiger partial charge in [-0.25, -0.2) is 0 Å². The zero-order chi connectivity index (χ0) is 11.8. The Labute approximate surface area is 103 Å². The third kappa shape index (κ3) is 4.48. The van der Waals surface area contributed by atoms with Crippen LogP contribution in [0.4, 0.5) is 0 Å². The lowest BCUT2D eigenvalue weighted by Crippen LogP contribution is -1.98. The zero-order valence-electron chi connectivity index (χ0n) is 10.3. The van der Waals surface area contributed by atoms with Gasteiger partial charge in [0.05, 0.1) is 0 Å². The van der Waals surface area contributed by atoms with Crippen LogP contribution < -0.4 is 0 Å². The topological polar surface area (TPSA) is 20.2 Å². The molecule has 16 heavy (non-hydrogen) atoms. The van der Waals surface area contributed by atoms with Crippen LogP contribution in [0.3, 0.4) is 0 Å². The zero-order valence-corrected chi connectivity index (χ0v) is 11.1. The number of thioether (sulfide) groups is 1. The van der Waals surface area contributed by atoms with E-state index in [1.54, 1.807) is 6.07 Å². The Bertz CT molecular complexity index is 299. The highest BCUT2D eigenvalue weighted by Gasteiger charge is 2.09. The van der Waals surface area contributed by atoms with Crippen molar-refractivity contribution in [2.75, 3.05) is 11.5 Å². The lowest BCUT2D eigenvalue weighted by molar-refractivity contribution is 0.465. The molecule has 1 N–H and O–H groups in total. The molecular formula is C14H22OS. The van der Waals surface area contributed by atoms with Gasteiger partial charge in [-0.05, 0) is 29.7 Å². The Kier molecular flexibility index (Phi) is 6.39. The number of para-hydroxylation sites is 1. The van der Waals surface area contributed by atoms with Gasteiger partial charge >= 0.3 is 0 Å². The Morgan fingerprint density at radius 3 is 2.69 bits per heavy atom. The smallest absolute Gasteiger partial charge is 0.119 e. The van der Waals surface area contributed by atoms with E-state index in [0.717, 1.165) is 11.3 Å². The monoisotopic (exact) mass is 238 g/mol. The normalized spacial score (nSPS) is 12.6. The van der Waals surface area contributed by atoms with Crippen molar-refractivity contribution in [3.8, 4) is 5.75 Å². The standard InChI is InChI=1S/C14H22OS/c1-3-4-7-10-16-11-12(2)13-8-5-6-9-14(13)15/h5-6,8-9,12,15H,3-4,7,10-11H2,1-2H3. The van der Waals surface area contributed by atoms with Crippen LogP contribution in [-0.4, -0.2) is 16.6 Å². The minimum Gasteiger partial charge on any atom is -0.508 e. The van der Waals surface area contributed by atoms with Gasteiger partial charge in [0.25, 0.3) is 0 Å². The van der Waals surface area contributed by atoms with Gasteiger partial charge in [-0.15, -0.1) is 0 Å². The molecule has 0 radical (unpaired) electrons. The summed E-state index contributed by atoms with van der Waals surface area (Å²) < 4.78 is 0. The van der Waals surface area contributed by atoms with Gasteiger partial charge in [0.15, 0.2) is 0 Å². The fraction of sp³-hybridized carbons (Fsp3) is 0.571. The summed E-state index contributed by atoms with van der Waals surface area (Å²) in [6.07, 6.45) is 3.93. The first-order chi connectivity index (χ1) is 7.75. The van der Waals surface area contributed by atoms with Crippen molar-refractivity contribution in [3.63, 3.8) is 0 Å². The number of rotatable bonds is 7. The summed E-state index contributed by atoms with van der Waals surface area (Å²) in [4.78, 5) is 0. The fourth-order valence-electron chi connectivity index (χ4n) is 1.71. The third-order valence-corrected chi connectivity index (χ3v) is 4.04. The van der Waals surface area contributed by atoms with Crippen molar-refractivity contribution >= 4 is 11.8 Å². The molecule has 90 valence electrons. The molecular weight excluding hydrogens is 216 g/mol. The van der Waals surface area contributed by atoms with E-state index in [-0.39, 0.29) is 0 Å². The maximum atomic E-state index is 9.71. The van der Waals surface area contributed by atoms with E-state index in [1.165, 1.54) is 25.0 Å². The molecule has 0 heterocycles. The maximum absolute atomic E-state index is 9.71. The van der Waals surface area contributed by atoms with Crippen molar-refractivity contribution in [2.24, 2.45) is 0 Å². The summed E-state index contributed by atoms with van der Waals surface area (Å²) in [5.74, 6) is 3.21. The number of phenols is 1. The van der Waals surface area contributed by atoms with E-state index in [0.29, 0.717) is 11.7 Å². The lowest BCUT2D eigenvalue weighted by Gasteiger charge is -2.12. The Morgan fingerprint density at radius 1 is 1.25 bits per heavy atom. The van der Waals surface area contributed by atoms with Crippen LogP contribution in [0, 0.1) is 0 Å². The van der Waals surface area contributed by atoms with E-state index in [9.17, 15) is 5.11 Å². The largest absolute Gasteiger partial charge is 0.508 e. The molecule has 2 heteroatoms. The predicted molar refractivity (Wildman–Crippen MR) is 73.4 cm³/mol. The minimum atomic E-state index is 0.434. The highest BCUT2D eigenvalue weighted by Crippen LogP contribution is 2.27. The molecule has 1 aromatic rings. The van der Waals surface area contributed by atoms with Crippen LogP contribution in [-0.2, 0) is 0 Å². The van der Waals surface area contributed by atoms with Gasteiger partial charge in [-0.2, -0.15) is 11.8 Å². The van der Waals surface area contributed by atoms with Gasteiger partial charge in [-0.3, -0.25) is 0 Å². The molecule has 1 rings (SSSR count). The highest BCUT2D eigenvalue weighted by molar-refractivity contribution is 7.99. The van der Waals surface area contributed by atoms with Gasteiger partial charge in [0.2, 0.25) is 0 Å². The van der Waals surface area contributed by atoms with Crippen molar-refractivity contribution in [1.82, 2.24) is 0 Å². The number of hydrogen-bond acceptors (Lipinski definition) is 2. The number of unbranched alkanes of at least 4 members (excludes halogenated alkanes) is 2. The summed E-state index contributed by atoms with van der Waals surface area (Å²) in [5.41, 5.74) is 1.07. The lowest BCUT2D eigenvalue weighted by atomic mass is 10.0. The van der Waals surface area contributed by atoms with Crippen LogP contribution in [0.25, 0.3) is 0 Å². The number of hydrogen-bond donors (Lipinski definition) is 1. The number of phenolic OH excluding ortho intramolecular Hbond substituents is 1. The summed E-state index contributed by atoms with van der Waals surface area (Å²) in [6, 6.07) is 7.66. The molecule has 0 saturated carbocycles. The van der Waals surface area contributed by atoms with Crippen molar-refractivity contribution in [2.45, 2.75) is 39.0 Å². The van der Waals surface area contributed by atoms with Crippen LogP contribution in [0.15, 0.2) is 24.3 Å². The van der Waals surface area contributed by atoms with Gasteiger partial charge < -0.3 is 5.11 Å². The molecule has 0 aliphatic rings. The second-order valence-corrected chi connectivity index (χ2v) is 5.39. The fourth-order valence-corrected chi connectivity index (χ4v) is 2.82. The molecule has 0 spiro atoms. The van der Waals surface area contributed by atoms with Crippen molar-refractivity contribution in [1.29, 1.82) is 0 Å². The third-order valence-electron chi connectivity index (χ3n) is 2.73. The molecule has 0 aliphatic heterocycles. The number of aromatic hydroxyl groups is 1.